The molecule has 2 aromatic heterocycles. The number of nitrogen functional groups attached to an aromatic ring is 1. The van der Waals surface area contributed by atoms with E-state index in [-0.39, 0.29) is 16.0 Å². The summed E-state index contributed by atoms with van der Waals surface area (Å²) >= 11 is 0.852. The van der Waals surface area contributed by atoms with E-state index in [1.807, 2.05) is 0 Å². The van der Waals surface area contributed by atoms with Crippen LogP contribution in [0.15, 0.2) is 21.3 Å². The van der Waals surface area contributed by atoms with Gasteiger partial charge < -0.3 is 5.73 Å². The minimum atomic E-state index is -0.678. The largest absolute Gasteiger partial charge is 0.378 e. The van der Waals surface area contributed by atoms with Gasteiger partial charge in [-0.3, -0.25) is 14.7 Å². The number of hydrogen-bond acceptors (Lipinski definition) is 8. The van der Waals surface area contributed by atoms with E-state index < -0.39 is 16.3 Å². The summed E-state index contributed by atoms with van der Waals surface area (Å²) in [7, 11) is 1.48. The van der Waals surface area contributed by atoms with Gasteiger partial charge in [-0.15, -0.1) is 5.10 Å². The van der Waals surface area contributed by atoms with Crippen LogP contribution in [0.2, 0.25) is 0 Å². The van der Waals surface area contributed by atoms with Gasteiger partial charge in [0, 0.05) is 7.05 Å². The molecular formula is C7H7N7O3S. The summed E-state index contributed by atoms with van der Waals surface area (Å²) in [5, 5.41) is 17.0. The normalized spacial score (nSPS) is 10.5. The SMILES string of the molecule is Cn1c(Sc2ncnc(N)c2[N+](=O)[O-])n[nH]c1=O. The van der Waals surface area contributed by atoms with Gasteiger partial charge in [0.2, 0.25) is 5.82 Å². The van der Waals surface area contributed by atoms with Crippen molar-refractivity contribution in [2.24, 2.45) is 7.05 Å². The summed E-state index contributed by atoms with van der Waals surface area (Å²) in [6.07, 6.45) is 1.11. The lowest BCUT2D eigenvalue weighted by molar-refractivity contribution is -0.387. The molecule has 2 heterocycles. The van der Waals surface area contributed by atoms with Gasteiger partial charge in [0.1, 0.15) is 6.33 Å². The molecule has 0 bridgehead atoms. The van der Waals surface area contributed by atoms with E-state index in [4.69, 9.17) is 5.73 Å². The molecule has 0 aromatic carbocycles. The predicted octanol–water partition coefficient (Wildman–Crippen LogP) is -0.460. The Morgan fingerprint density at radius 3 is 2.83 bits per heavy atom. The van der Waals surface area contributed by atoms with Crippen LogP contribution in [0.1, 0.15) is 0 Å². The highest BCUT2D eigenvalue weighted by Crippen LogP contribution is 2.33. The molecule has 0 aliphatic rings. The Labute approximate surface area is 103 Å². The zero-order valence-corrected chi connectivity index (χ0v) is 9.84. The number of nitro groups is 1. The third-order valence-corrected chi connectivity index (χ3v) is 3.07. The van der Waals surface area contributed by atoms with Gasteiger partial charge in [-0.05, 0) is 11.8 Å². The van der Waals surface area contributed by atoms with Crippen LogP contribution in [0.3, 0.4) is 0 Å². The van der Waals surface area contributed by atoms with E-state index in [0.717, 1.165) is 18.1 Å². The Bertz CT molecular complexity index is 663. The number of anilines is 1. The first-order valence-corrected chi connectivity index (χ1v) is 5.36. The maximum Gasteiger partial charge on any atom is 0.343 e. The van der Waals surface area contributed by atoms with Crippen molar-refractivity contribution < 1.29 is 4.92 Å². The fourth-order valence-corrected chi connectivity index (χ4v) is 1.99. The lowest BCUT2D eigenvalue weighted by Crippen LogP contribution is -2.13. The van der Waals surface area contributed by atoms with Gasteiger partial charge in [0.25, 0.3) is 0 Å². The molecule has 0 amide bonds. The molecule has 0 saturated heterocycles. The number of H-pyrrole nitrogens is 1. The predicted molar refractivity (Wildman–Crippen MR) is 61.1 cm³/mol. The molecule has 0 fully saturated rings. The van der Waals surface area contributed by atoms with E-state index in [0.29, 0.717) is 0 Å². The molecule has 0 aliphatic heterocycles. The number of aromatic amines is 1. The minimum Gasteiger partial charge on any atom is -0.378 e. The van der Waals surface area contributed by atoms with Crippen molar-refractivity contribution in [3.63, 3.8) is 0 Å². The van der Waals surface area contributed by atoms with Crippen molar-refractivity contribution in [3.05, 3.63) is 26.9 Å². The van der Waals surface area contributed by atoms with Crippen molar-refractivity contribution in [1.29, 1.82) is 0 Å². The molecule has 0 spiro atoms. The van der Waals surface area contributed by atoms with E-state index in [1.165, 1.54) is 11.6 Å². The second-order valence-corrected chi connectivity index (χ2v) is 4.10. The van der Waals surface area contributed by atoms with Gasteiger partial charge in [-0.1, -0.05) is 0 Å². The first-order chi connectivity index (χ1) is 8.50. The molecular weight excluding hydrogens is 262 g/mol. The van der Waals surface area contributed by atoms with E-state index >= 15 is 0 Å². The van der Waals surface area contributed by atoms with Crippen LogP contribution in [0.4, 0.5) is 11.5 Å². The average Bonchev–Trinajstić information content (AvgIpc) is 2.60. The topological polar surface area (TPSA) is 146 Å². The van der Waals surface area contributed by atoms with Gasteiger partial charge in [-0.2, -0.15) is 0 Å². The minimum absolute atomic E-state index is 0.0228. The highest BCUT2D eigenvalue weighted by atomic mass is 32.2. The summed E-state index contributed by atoms with van der Waals surface area (Å²) in [4.78, 5) is 28.6. The fraction of sp³-hybridized carbons (Fsp3) is 0.143. The fourth-order valence-electron chi connectivity index (χ4n) is 1.13. The van der Waals surface area contributed by atoms with Crippen LogP contribution in [-0.2, 0) is 7.05 Å². The molecule has 2 aromatic rings. The summed E-state index contributed by atoms with van der Waals surface area (Å²) in [5.74, 6) is -0.238. The average molecular weight is 269 g/mol. The number of nitrogens with one attached hydrogen (secondary N) is 1. The van der Waals surface area contributed by atoms with E-state index in [9.17, 15) is 14.9 Å². The molecule has 10 nitrogen and oxygen atoms in total. The van der Waals surface area contributed by atoms with Gasteiger partial charge in [0.05, 0.1) is 4.92 Å². The zero-order chi connectivity index (χ0) is 13.3. The van der Waals surface area contributed by atoms with Gasteiger partial charge in [-0.25, -0.2) is 19.9 Å². The van der Waals surface area contributed by atoms with Gasteiger partial charge in [0.15, 0.2) is 10.2 Å². The lowest BCUT2D eigenvalue weighted by Gasteiger charge is -2.01. The molecule has 0 saturated carbocycles. The maximum atomic E-state index is 11.2. The molecule has 2 rings (SSSR count). The van der Waals surface area contributed by atoms with Crippen molar-refractivity contribution in [2.75, 3.05) is 5.73 Å². The smallest absolute Gasteiger partial charge is 0.343 e. The summed E-state index contributed by atoms with van der Waals surface area (Å²) in [5.41, 5.74) is 4.58. The molecule has 11 heteroatoms. The van der Waals surface area contributed by atoms with Crippen LogP contribution in [0, 0.1) is 10.1 Å². The number of aromatic nitrogens is 5. The first-order valence-electron chi connectivity index (χ1n) is 4.55. The van der Waals surface area contributed by atoms with Crippen LogP contribution < -0.4 is 11.4 Å². The highest BCUT2D eigenvalue weighted by molar-refractivity contribution is 7.99. The second kappa shape index (κ2) is 4.44. The lowest BCUT2D eigenvalue weighted by atomic mass is 10.5. The number of nitrogens with two attached hydrogens (primary N) is 1. The van der Waals surface area contributed by atoms with E-state index in [2.05, 4.69) is 20.2 Å². The van der Waals surface area contributed by atoms with Gasteiger partial charge >= 0.3 is 11.4 Å². The summed E-state index contributed by atoms with van der Waals surface area (Å²) < 4.78 is 1.20. The second-order valence-electron chi connectivity index (χ2n) is 3.14. The Morgan fingerprint density at radius 1 is 1.56 bits per heavy atom. The molecule has 0 atom stereocenters. The van der Waals surface area contributed by atoms with Crippen molar-refractivity contribution in [1.82, 2.24) is 24.7 Å². The summed E-state index contributed by atoms with van der Waals surface area (Å²) in [6, 6.07) is 0. The Kier molecular flexibility index (Phi) is 2.97. The molecule has 18 heavy (non-hydrogen) atoms. The third kappa shape index (κ3) is 2.02. The monoisotopic (exact) mass is 269 g/mol. The molecule has 94 valence electrons. The van der Waals surface area contributed by atoms with E-state index in [1.54, 1.807) is 0 Å². The Balaban J connectivity index is 2.47. The number of hydrogen-bond donors (Lipinski definition) is 2. The molecule has 0 unspecified atom stereocenters. The van der Waals surface area contributed by atoms with Crippen molar-refractivity contribution in [3.8, 4) is 0 Å². The highest BCUT2D eigenvalue weighted by Gasteiger charge is 2.23. The van der Waals surface area contributed by atoms with Crippen molar-refractivity contribution >= 4 is 23.3 Å². The number of rotatable bonds is 3. The van der Waals surface area contributed by atoms with Crippen LogP contribution >= 0.6 is 11.8 Å². The zero-order valence-electron chi connectivity index (χ0n) is 9.02. The molecule has 0 radical (unpaired) electrons. The molecule has 3 N–H and O–H groups in total. The number of nitrogens with zero attached hydrogens (tertiary/aromatic N) is 5. The Morgan fingerprint density at radius 2 is 2.28 bits per heavy atom. The third-order valence-electron chi connectivity index (χ3n) is 2.03. The first kappa shape index (κ1) is 12.0. The van der Waals surface area contributed by atoms with Crippen LogP contribution in [-0.4, -0.2) is 29.7 Å². The van der Waals surface area contributed by atoms with Crippen molar-refractivity contribution in [2.45, 2.75) is 10.2 Å². The summed E-state index contributed by atoms with van der Waals surface area (Å²) in [6.45, 7) is 0. The van der Waals surface area contributed by atoms with Crippen LogP contribution in [0.25, 0.3) is 0 Å². The Hall–Kier alpha value is -2.43. The maximum absolute atomic E-state index is 11.2. The quantitative estimate of drug-likeness (QED) is 0.432. The van der Waals surface area contributed by atoms with Crippen LogP contribution in [0.5, 0.6) is 0 Å². The standard InChI is InChI=1S/C7H7N7O3S/c1-13-6(15)11-12-7(13)18-5-3(14(16)17)4(8)9-2-10-5/h2H,1H3,(H,11,15)(H2,8,9,10). The molecule has 0 aliphatic carbocycles.